The molecule has 0 spiro atoms. The lowest BCUT2D eigenvalue weighted by Crippen LogP contribution is -2.29. The van der Waals surface area contributed by atoms with Crippen LogP contribution in [0.5, 0.6) is 5.75 Å². The summed E-state index contributed by atoms with van der Waals surface area (Å²) < 4.78 is 18.9. The van der Waals surface area contributed by atoms with Crippen LogP contribution < -0.4 is 10.2 Å². The Labute approximate surface area is 85.0 Å². The molecule has 0 atom stereocenters. The van der Waals surface area contributed by atoms with Gasteiger partial charge >= 0.3 is 0 Å². The van der Waals surface area contributed by atoms with E-state index in [1.165, 1.54) is 6.07 Å². The summed E-state index contributed by atoms with van der Waals surface area (Å²) in [4.78, 5) is 0. The van der Waals surface area contributed by atoms with Gasteiger partial charge in [-0.25, -0.2) is 4.39 Å². The van der Waals surface area contributed by atoms with Crippen LogP contribution in [0, 0.1) is 5.82 Å². The van der Waals surface area contributed by atoms with Crippen LogP contribution in [0.2, 0.25) is 19.6 Å². The minimum absolute atomic E-state index is 0.315. The number of benzene rings is 1. The molecule has 4 heteroatoms. The van der Waals surface area contributed by atoms with E-state index < -0.39 is 8.32 Å². The van der Waals surface area contributed by atoms with Crippen molar-refractivity contribution in [1.82, 2.24) is 0 Å². The highest BCUT2D eigenvalue weighted by Crippen LogP contribution is 2.21. The van der Waals surface area contributed by atoms with E-state index in [4.69, 9.17) is 10.2 Å². The van der Waals surface area contributed by atoms with Gasteiger partial charge in [0.15, 0.2) is 5.82 Å². The SMILES string of the molecule is C[Si](C)(C)Oc1cc(CN)ccc1F. The van der Waals surface area contributed by atoms with Crippen LogP contribution in [-0.2, 0) is 6.54 Å². The molecule has 0 aliphatic heterocycles. The van der Waals surface area contributed by atoms with Gasteiger partial charge in [-0.1, -0.05) is 6.07 Å². The van der Waals surface area contributed by atoms with Gasteiger partial charge < -0.3 is 10.2 Å². The van der Waals surface area contributed by atoms with Gasteiger partial charge in [0.2, 0.25) is 8.32 Å². The van der Waals surface area contributed by atoms with Gasteiger partial charge in [-0.2, -0.15) is 0 Å². The first-order valence-corrected chi connectivity index (χ1v) is 8.01. The summed E-state index contributed by atoms with van der Waals surface area (Å²) in [7, 11) is -1.75. The number of halogens is 1. The summed E-state index contributed by atoms with van der Waals surface area (Å²) in [5.74, 6) is 0.0109. The maximum Gasteiger partial charge on any atom is 0.242 e. The fourth-order valence-electron chi connectivity index (χ4n) is 1.08. The molecule has 2 N–H and O–H groups in total. The zero-order valence-corrected chi connectivity index (χ0v) is 9.80. The summed E-state index contributed by atoms with van der Waals surface area (Å²) >= 11 is 0. The van der Waals surface area contributed by atoms with Gasteiger partial charge in [-0.05, 0) is 37.3 Å². The number of nitrogens with two attached hydrogens (primary N) is 1. The van der Waals surface area contributed by atoms with E-state index in [0.717, 1.165) is 5.56 Å². The standard InChI is InChI=1S/C10H16FNOSi/c1-14(2,3)13-10-6-8(7-12)4-5-9(10)11/h4-6H,7,12H2,1-3H3. The minimum Gasteiger partial charge on any atom is -0.542 e. The molecule has 2 nitrogen and oxygen atoms in total. The van der Waals surface area contributed by atoms with Crippen molar-refractivity contribution in [2.45, 2.75) is 26.2 Å². The Balaban J connectivity index is 2.95. The maximum atomic E-state index is 13.3. The highest BCUT2D eigenvalue weighted by molar-refractivity contribution is 6.70. The van der Waals surface area contributed by atoms with Gasteiger partial charge in [0, 0.05) is 6.54 Å². The topological polar surface area (TPSA) is 35.2 Å². The van der Waals surface area contributed by atoms with E-state index in [0.29, 0.717) is 12.3 Å². The Morgan fingerprint density at radius 1 is 1.36 bits per heavy atom. The van der Waals surface area contributed by atoms with Crippen molar-refractivity contribution in [3.8, 4) is 5.75 Å². The fourth-order valence-corrected chi connectivity index (χ4v) is 1.90. The number of hydrogen-bond donors (Lipinski definition) is 1. The van der Waals surface area contributed by atoms with Crippen molar-refractivity contribution >= 4 is 8.32 Å². The van der Waals surface area contributed by atoms with Crippen LogP contribution in [0.4, 0.5) is 4.39 Å². The molecule has 1 aromatic carbocycles. The second kappa shape index (κ2) is 4.10. The molecule has 0 saturated heterocycles. The predicted molar refractivity (Wildman–Crippen MR) is 58.3 cm³/mol. The lowest BCUT2D eigenvalue weighted by molar-refractivity contribution is 0.494. The van der Waals surface area contributed by atoms with Crippen molar-refractivity contribution in [3.63, 3.8) is 0 Å². The second-order valence-electron chi connectivity index (χ2n) is 4.18. The number of hydrogen-bond acceptors (Lipinski definition) is 2. The molecule has 0 amide bonds. The van der Waals surface area contributed by atoms with Crippen LogP contribution in [0.25, 0.3) is 0 Å². The quantitative estimate of drug-likeness (QED) is 0.783. The van der Waals surface area contributed by atoms with E-state index in [1.54, 1.807) is 12.1 Å². The Kier molecular flexibility index (Phi) is 3.28. The van der Waals surface area contributed by atoms with Crippen LogP contribution in [0.15, 0.2) is 18.2 Å². The van der Waals surface area contributed by atoms with Crippen molar-refractivity contribution in [2.24, 2.45) is 5.73 Å². The van der Waals surface area contributed by atoms with Gasteiger partial charge in [0.25, 0.3) is 0 Å². The third-order valence-electron chi connectivity index (χ3n) is 1.65. The molecule has 0 aliphatic rings. The first-order valence-electron chi connectivity index (χ1n) is 4.60. The van der Waals surface area contributed by atoms with Crippen molar-refractivity contribution in [1.29, 1.82) is 0 Å². The Morgan fingerprint density at radius 2 is 2.00 bits per heavy atom. The van der Waals surface area contributed by atoms with Gasteiger partial charge in [-0.15, -0.1) is 0 Å². The molecule has 0 fully saturated rings. The van der Waals surface area contributed by atoms with E-state index in [2.05, 4.69) is 0 Å². The fraction of sp³-hybridized carbons (Fsp3) is 0.400. The highest BCUT2D eigenvalue weighted by Gasteiger charge is 2.18. The molecular formula is C10H16FNOSi. The monoisotopic (exact) mass is 213 g/mol. The van der Waals surface area contributed by atoms with Gasteiger partial charge in [-0.3, -0.25) is 0 Å². The largest absolute Gasteiger partial charge is 0.542 e. The molecule has 1 rings (SSSR count). The molecule has 0 saturated carbocycles. The Bertz CT molecular complexity index is 322. The van der Waals surface area contributed by atoms with Crippen molar-refractivity contribution in [3.05, 3.63) is 29.6 Å². The van der Waals surface area contributed by atoms with E-state index in [9.17, 15) is 4.39 Å². The van der Waals surface area contributed by atoms with Crippen LogP contribution in [0.3, 0.4) is 0 Å². The molecule has 0 radical (unpaired) electrons. The van der Waals surface area contributed by atoms with E-state index >= 15 is 0 Å². The van der Waals surface area contributed by atoms with Gasteiger partial charge in [0.05, 0.1) is 0 Å². The first-order chi connectivity index (χ1) is 6.42. The van der Waals surface area contributed by atoms with Crippen LogP contribution in [0.1, 0.15) is 5.56 Å². The molecule has 0 aromatic heterocycles. The zero-order chi connectivity index (χ0) is 10.8. The lowest BCUT2D eigenvalue weighted by atomic mass is 10.2. The molecule has 0 bridgehead atoms. The summed E-state index contributed by atoms with van der Waals surface area (Å²) in [5, 5.41) is 0. The third kappa shape index (κ3) is 3.12. The number of rotatable bonds is 3. The predicted octanol–water partition coefficient (Wildman–Crippen LogP) is 2.50. The van der Waals surface area contributed by atoms with E-state index in [-0.39, 0.29) is 5.82 Å². The third-order valence-corrected chi connectivity index (χ3v) is 2.48. The maximum absolute atomic E-state index is 13.3. The molecule has 0 heterocycles. The van der Waals surface area contributed by atoms with Crippen molar-refractivity contribution < 1.29 is 8.82 Å². The molecule has 14 heavy (non-hydrogen) atoms. The normalized spacial score (nSPS) is 11.5. The molecular weight excluding hydrogens is 197 g/mol. The summed E-state index contributed by atoms with van der Waals surface area (Å²) in [6.07, 6.45) is 0. The summed E-state index contributed by atoms with van der Waals surface area (Å²) in [6.45, 7) is 6.45. The van der Waals surface area contributed by atoms with E-state index in [1.807, 2.05) is 19.6 Å². The molecule has 0 aliphatic carbocycles. The second-order valence-corrected chi connectivity index (χ2v) is 8.61. The van der Waals surface area contributed by atoms with Crippen LogP contribution >= 0.6 is 0 Å². The average Bonchev–Trinajstić information content (AvgIpc) is 2.06. The zero-order valence-electron chi connectivity index (χ0n) is 8.80. The van der Waals surface area contributed by atoms with Gasteiger partial charge in [0.1, 0.15) is 5.75 Å². The Hall–Kier alpha value is -0.873. The Morgan fingerprint density at radius 3 is 2.50 bits per heavy atom. The molecule has 1 aromatic rings. The minimum atomic E-state index is -1.75. The molecule has 0 unspecified atom stereocenters. The highest BCUT2D eigenvalue weighted by atomic mass is 28.4. The summed E-state index contributed by atoms with van der Waals surface area (Å²) in [6, 6.07) is 4.75. The summed E-state index contributed by atoms with van der Waals surface area (Å²) in [5.41, 5.74) is 6.35. The average molecular weight is 213 g/mol. The van der Waals surface area contributed by atoms with Crippen molar-refractivity contribution in [2.75, 3.05) is 0 Å². The van der Waals surface area contributed by atoms with Crippen LogP contribution in [-0.4, -0.2) is 8.32 Å². The lowest BCUT2D eigenvalue weighted by Gasteiger charge is -2.20. The molecule has 78 valence electrons. The smallest absolute Gasteiger partial charge is 0.242 e. The first kappa shape index (κ1) is 11.2.